The molecule has 108 valence electrons. The highest BCUT2D eigenvalue weighted by Gasteiger charge is 2.15. The Hall–Kier alpha value is -1.53. The van der Waals surface area contributed by atoms with Crippen molar-refractivity contribution in [3.63, 3.8) is 0 Å². The van der Waals surface area contributed by atoms with Crippen molar-refractivity contribution in [1.82, 2.24) is 9.38 Å². The largest absolute Gasteiger partial charge is 0.497 e. The number of hydrogen-bond acceptors (Lipinski definition) is 3. The Morgan fingerprint density at radius 2 is 1.95 bits per heavy atom. The van der Waals surface area contributed by atoms with Crippen molar-refractivity contribution >= 4 is 43.3 Å². The van der Waals surface area contributed by atoms with Crippen LogP contribution in [0.2, 0.25) is 0 Å². The molecule has 1 aromatic carbocycles. The fourth-order valence-electron chi connectivity index (χ4n) is 2.19. The SMILES string of the molecule is COc1ccc(Br)c(-c2nc3cc(C)c(Br)cn3c2N)c1. The molecule has 0 saturated carbocycles. The van der Waals surface area contributed by atoms with E-state index in [0.717, 1.165) is 37.2 Å². The number of rotatable bonds is 2. The summed E-state index contributed by atoms with van der Waals surface area (Å²) in [7, 11) is 1.64. The summed E-state index contributed by atoms with van der Waals surface area (Å²) < 4.78 is 9.07. The molecular weight excluding hydrogens is 398 g/mol. The summed E-state index contributed by atoms with van der Waals surface area (Å²) in [5.74, 6) is 1.36. The first-order valence-electron chi connectivity index (χ1n) is 6.29. The number of methoxy groups -OCH3 is 1. The van der Waals surface area contributed by atoms with E-state index >= 15 is 0 Å². The molecule has 6 heteroatoms. The normalized spacial score (nSPS) is 11.0. The molecular formula is C15H13Br2N3O. The van der Waals surface area contributed by atoms with Crippen LogP contribution < -0.4 is 10.5 Å². The molecule has 0 aliphatic heterocycles. The van der Waals surface area contributed by atoms with E-state index in [1.807, 2.05) is 41.8 Å². The number of aromatic nitrogens is 2. The third kappa shape index (κ3) is 2.42. The minimum absolute atomic E-state index is 0.597. The van der Waals surface area contributed by atoms with Crippen molar-refractivity contribution < 1.29 is 4.74 Å². The average molecular weight is 411 g/mol. The van der Waals surface area contributed by atoms with Gasteiger partial charge >= 0.3 is 0 Å². The zero-order valence-corrected chi connectivity index (χ0v) is 14.7. The number of anilines is 1. The van der Waals surface area contributed by atoms with Gasteiger partial charge in [0.2, 0.25) is 0 Å². The van der Waals surface area contributed by atoms with Gasteiger partial charge in [-0.25, -0.2) is 4.98 Å². The Labute approximate surface area is 139 Å². The number of pyridine rings is 1. The first kappa shape index (κ1) is 14.4. The molecule has 0 atom stereocenters. The molecule has 0 radical (unpaired) electrons. The third-order valence-corrected chi connectivity index (χ3v) is 4.89. The highest BCUT2D eigenvalue weighted by atomic mass is 79.9. The van der Waals surface area contributed by atoms with Crippen LogP contribution in [-0.2, 0) is 0 Å². The van der Waals surface area contributed by atoms with Crippen LogP contribution >= 0.6 is 31.9 Å². The van der Waals surface area contributed by atoms with Crippen molar-refractivity contribution in [1.29, 1.82) is 0 Å². The lowest BCUT2D eigenvalue weighted by Gasteiger charge is -2.06. The summed E-state index contributed by atoms with van der Waals surface area (Å²) in [5.41, 5.74) is 9.84. The Bertz CT molecular complexity index is 843. The van der Waals surface area contributed by atoms with Gasteiger partial charge in [-0.2, -0.15) is 0 Å². The summed E-state index contributed by atoms with van der Waals surface area (Å²) in [6.07, 6.45) is 1.94. The lowest BCUT2D eigenvalue weighted by Crippen LogP contribution is -1.95. The van der Waals surface area contributed by atoms with Gasteiger partial charge in [0, 0.05) is 20.7 Å². The predicted molar refractivity (Wildman–Crippen MR) is 91.7 cm³/mol. The molecule has 0 aliphatic rings. The van der Waals surface area contributed by atoms with E-state index in [2.05, 4.69) is 36.8 Å². The monoisotopic (exact) mass is 409 g/mol. The van der Waals surface area contributed by atoms with E-state index in [0.29, 0.717) is 5.82 Å². The second-order valence-electron chi connectivity index (χ2n) is 4.72. The number of ether oxygens (including phenoxy) is 1. The number of nitrogens with two attached hydrogens (primary N) is 1. The van der Waals surface area contributed by atoms with Crippen LogP contribution in [0.5, 0.6) is 5.75 Å². The van der Waals surface area contributed by atoms with Crippen LogP contribution in [0.25, 0.3) is 16.9 Å². The van der Waals surface area contributed by atoms with Crippen molar-refractivity contribution in [2.45, 2.75) is 6.92 Å². The molecule has 0 fully saturated rings. The molecule has 2 aromatic heterocycles. The van der Waals surface area contributed by atoms with Crippen molar-refractivity contribution in [2.24, 2.45) is 0 Å². The highest BCUT2D eigenvalue weighted by Crippen LogP contribution is 2.35. The van der Waals surface area contributed by atoms with Crippen molar-refractivity contribution in [3.05, 3.63) is 45.0 Å². The number of nitrogen functional groups attached to an aromatic ring is 1. The summed E-state index contributed by atoms with van der Waals surface area (Å²) in [4.78, 5) is 4.65. The summed E-state index contributed by atoms with van der Waals surface area (Å²) >= 11 is 7.07. The first-order valence-corrected chi connectivity index (χ1v) is 7.87. The minimum atomic E-state index is 0.597. The van der Waals surface area contributed by atoms with Gasteiger partial charge in [-0.3, -0.25) is 4.40 Å². The molecule has 4 nitrogen and oxygen atoms in total. The fourth-order valence-corrected chi connectivity index (χ4v) is 2.94. The van der Waals surface area contributed by atoms with Gasteiger partial charge < -0.3 is 10.5 Å². The van der Waals surface area contributed by atoms with Crippen molar-refractivity contribution in [2.75, 3.05) is 12.8 Å². The van der Waals surface area contributed by atoms with Gasteiger partial charge in [0.05, 0.1) is 7.11 Å². The number of fused-ring (bicyclic) bond motifs is 1. The summed E-state index contributed by atoms with van der Waals surface area (Å²) in [6.45, 7) is 2.02. The Morgan fingerprint density at radius 1 is 1.19 bits per heavy atom. The molecule has 3 aromatic rings. The Kier molecular flexibility index (Phi) is 3.67. The quantitative estimate of drug-likeness (QED) is 0.679. The number of benzene rings is 1. The molecule has 2 heterocycles. The fraction of sp³-hybridized carbons (Fsp3) is 0.133. The van der Waals surface area contributed by atoms with E-state index in [-0.39, 0.29) is 0 Å². The van der Waals surface area contributed by atoms with Crippen LogP contribution in [-0.4, -0.2) is 16.5 Å². The van der Waals surface area contributed by atoms with E-state index in [4.69, 9.17) is 10.5 Å². The lowest BCUT2D eigenvalue weighted by molar-refractivity contribution is 0.415. The molecule has 0 saturated heterocycles. The predicted octanol–water partition coefficient (Wildman–Crippen LogP) is 4.43. The van der Waals surface area contributed by atoms with Gasteiger partial charge in [0.25, 0.3) is 0 Å². The highest BCUT2D eigenvalue weighted by molar-refractivity contribution is 9.10. The van der Waals surface area contributed by atoms with Crippen LogP contribution in [0.3, 0.4) is 0 Å². The summed E-state index contributed by atoms with van der Waals surface area (Å²) in [6, 6.07) is 7.74. The van der Waals surface area contributed by atoms with Gasteiger partial charge in [-0.05, 0) is 52.7 Å². The Balaban J connectivity index is 2.28. The maximum atomic E-state index is 6.27. The second-order valence-corrected chi connectivity index (χ2v) is 6.43. The number of imidazole rings is 1. The molecule has 21 heavy (non-hydrogen) atoms. The van der Waals surface area contributed by atoms with E-state index in [9.17, 15) is 0 Å². The van der Waals surface area contributed by atoms with E-state index in [1.165, 1.54) is 0 Å². The maximum absolute atomic E-state index is 6.27. The zero-order chi connectivity index (χ0) is 15.1. The van der Waals surface area contributed by atoms with E-state index < -0.39 is 0 Å². The zero-order valence-electron chi connectivity index (χ0n) is 11.5. The standard InChI is InChI=1S/C15H13Br2N3O/c1-8-5-13-19-14(15(18)20(13)7-12(8)17)10-6-9(21-2)3-4-11(10)16/h3-7H,18H2,1-2H3. The van der Waals surface area contributed by atoms with Crippen LogP contribution in [0.1, 0.15) is 5.56 Å². The van der Waals surface area contributed by atoms with Gasteiger partial charge in [0.1, 0.15) is 22.9 Å². The molecule has 0 amide bonds. The topological polar surface area (TPSA) is 52.5 Å². The molecule has 0 unspecified atom stereocenters. The number of halogens is 2. The maximum Gasteiger partial charge on any atom is 0.139 e. The molecule has 0 spiro atoms. The first-order chi connectivity index (χ1) is 10.0. The lowest BCUT2D eigenvalue weighted by atomic mass is 10.1. The Morgan fingerprint density at radius 3 is 2.67 bits per heavy atom. The molecule has 0 bridgehead atoms. The molecule has 0 aliphatic carbocycles. The number of hydrogen-bond donors (Lipinski definition) is 1. The average Bonchev–Trinajstić information content (AvgIpc) is 2.77. The molecule has 2 N–H and O–H groups in total. The number of nitrogens with zero attached hydrogens (tertiary/aromatic N) is 2. The van der Waals surface area contributed by atoms with Crippen molar-refractivity contribution in [3.8, 4) is 17.0 Å². The van der Waals surface area contributed by atoms with Gasteiger partial charge in [-0.15, -0.1) is 0 Å². The summed E-state index contributed by atoms with van der Waals surface area (Å²) in [5, 5.41) is 0. The van der Waals surface area contributed by atoms with Gasteiger partial charge in [0.15, 0.2) is 0 Å². The van der Waals surface area contributed by atoms with Crippen LogP contribution in [0.4, 0.5) is 5.82 Å². The smallest absolute Gasteiger partial charge is 0.139 e. The van der Waals surface area contributed by atoms with E-state index in [1.54, 1.807) is 7.11 Å². The third-order valence-electron chi connectivity index (χ3n) is 3.37. The minimum Gasteiger partial charge on any atom is -0.497 e. The number of aryl methyl sites for hydroxylation is 1. The van der Waals surface area contributed by atoms with Crippen LogP contribution in [0.15, 0.2) is 39.4 Å². The van der Waals surface area contributed by atoms with Gasteiger partial charge in [-0.1, -0.05) is 15.9 Å². The molecule has 3 rings (SSSR count). The second kappa shape index (κ2) is 5.35. The van der Waals surface area contributed by atoms with Crippen LogP contribution in [0, 0.1) is 6.92 Å².